The number of methoxy groups -OCH3 is 1. The van der Waals surface area contributed by atoms with Crippen molar-refractivity contribution >= 4 is 29.0 Å². The van der Waals surface area contributed by atoms with E-state index in [-0.39, 0.29) is 41.0 Å². The van der Waals surface area contributed by atoms with Crippen LogP contribution in [-0.4, -0.2) is 45.9 Å². The highest BCUT2D eigenvalue weighted by Gasteiger charge is 2.66. The Kier molecular flexibility index (Phi) is 6.21. The number of Topliss-reactive ketones (excluding diaryl/α,β-unsaturated/α-hetero) is 1. The number of hydrogen-bond acceptors (Lipinski definition) is 7. The zero-order valence-electron chi connectivity index (χ0n) is 23.3. The Bertz CT molecular complexity index is 1740. The molecule has 0 radical (unpaired) electrons. The highest BCUT2D eigenvalue weighted by Crippen LogP contribution is 2.63. The van der Waals surface area contributed by atoms with Crippen LogP contribution in [-0.2, 0) is 24.6 Å². The number of nitrogens with zero attached hydrogens (tertiary/aromatic N) is 1. The maximum absolute atomic E-state index is 14.9. The number of rotatable bonds is 4. The number of amides is 2. The smallest absolute Gasteiger partial charge is 0.257 e. The van der Waals surface area contributed by atoms with E-state index in [1.165, 1.54) is 19.3 Å². The summed E-state index contributed by atoms with van der Waals surface area (Å²) in [6.07, 6.45) is 3.73. The molecule has 2 fully saturated rings. The molecule has 43 heavy (non-hydrogen) atoms. The lowest BCUT2D eigenvalue weighted by molar-refractivity contribution is -0.173. The number of benzene rings is 3. The first-order valence-corrected chi connectivity index (χ1v) is 14.3. The number of carbonyl (C=O) groups excluding carboxylic acids is 4. The Morgan fingerprint density at radius 1 is 0.884 bits per heavy atom. The molecule has 0 aromatic heterocycles. The molecule has 7 rings (SSSR count). The number of allylic oxidation sites excluding steroid dienone is 4. The standard InChI is InChI=1S/C35H29NO7/c1-43-28-16-20(12-15-27(28)37)31-22-13-14-23-30(34(41)36(42)33(23)40)25(22)17-26-32(39)24(19-8-4-2-5-9-19)18-29(38)35(26,31)21-10-6-3-7-11-21/h2-13,15-16,18,23,25-26,30-31,37,42H,14,17H2,1H3. The van der Waals surface area contributed by atoms with E-state index < -0.39 is 46.8 Å². The minimum Gasteiger partial charge on any atom is -0.504 e. The SMILES string of the molecule is COc1cc(C2C3=CCC4C(=O)N(O)C(=O)C4C3CC3C(=O)C(c4ccccc4)=CC(=O)C32c2ccccc2)ccc1O. The molecule has 3 aromatic rings. The van der Waals surface area contributed by atoms with E-state index >= 15 is 0 Å². The molecule has 1 aliphatic heterocycles. The quantitative estimate of drug-likeness (QED) is 0.265. The molecule has 2 N–H and O–H groups in total. The molecule has 0 spiro atoms. The Labute approximate surface area is 247 Å². The van der Waals surface area contributed by atoms with Crippen LogP contribution in [0.4, 0.5) is 0 Å². The minimum atomic E-state index is -1.38. The van der Waals surface area contributed by atoms with E-state index in [1.54, 1.807) is 24.3 Å². The predicted molar refractivity (Wildman–Crippen MR) is 155 cm³/mol. The van der Waals surface area contributed by atoms with Crippen LogP contribution in [0.15, 0.2) is 96.6 Å². The van der Waals surface area contributed by atoms with Crippen LogP contribution < -0.4 is 4.74 Å². The summed E-state index contributed by atoms with van der Waals surface area (Å²) in [5.74, 6) is -5.46. The largest absolute Gasteiger partial charge is 0.504 e. The van der Waals surface area contributed by atoms with Gasteiger partial charge in [0.05, 0.1) is 24.4 Å². The molecule has 1 saturated carbocycles. The second-order valence-electron chi connectivity index (χ2n) is 11.7. The van der Waals surface area contributed by atoms with Crippen molar-refractivity contribution in [2.45, 2.75) is 24.2 Å². The van der Waals surface area contributed by atoms with Crippen molar-refractivity contribution in [3.63, 3.8) is 0 Å². The number of fused-ring (bicyclic) bond motifs is 4. The van der Waals surface area contributed by atoms with Crippen LogP contribution in [0.3, 0.4) is 0 Å². The lowest BCUT2D eigenvalue weighted by Gasteiger charge is -2.55. The van der Waals surface area contributed by atoms with Crippen LogP contribution >= 0.6 is 0 Å². The van der Waals surface area contributed by atoms with E-state index in [0.29, 0.717) is 22.3 Å². The number of hydroxylamine groups is 2. The zero-order chi connectivity index (χ0) is 30.0. The first-order chi connectivity index (χ1) is 20.8. The Hall–Kier alpha value is -4.82. The van der Waals surface area contributed by atoms with Gasteiger partial charge in [0, 0.05) is 17.4 Å². The van der Waals surface area contributed by atoms with Crippen molar-refractivity contribution < 1.29 is 34.2 Å². The molecule has 3 aromatic carbocycles. The van der Waals surface area contributed by atoms with Gasteiger partial charge in [-0.25, -0.2) is 0 Å². The predicted octanol–water partition coefficient (Wildman–Crippen LogP) is 4.61. The van der Waals surface area contributed by atoms with E-state index in [0.717, 1.165) is 5.57 Å². The first-order valence-electron chi connectivity index (χ1n) is 14.3. The summed E-state index contributed by atoms with van der Waals surface area (Å²) >= 11 is 0. The third kappa shape index (κ3) is 3.72. The molecule has 1 heterocycles. The summed E-state index contributed by atoms with van der Waals surface area (Å²) in [7, 11) is 1.44. The molecule has 2 amide bonds. The van der Waals surface area contributed by atoms with Gasteiger partial charge in [-0.3, -0.25) is 24.4 Å². The molecule has 1 saturated heterocycles. The number of imide groups is 1. The van der Waals surface area contributed by atoms with E-state index in [9.17, 15) is 29.5 Å². The fraction of sp³-hybridized carbons (Fsp3) is 0.257. The van der Waals surface area contributed by atoms with Gasteiger partial charge in [-0.15, -0.1) is 0 Å². The molecule has 0 bridgehead atoms. The minimum absolute atomic E-state index is 0.0774. The Morgan fingerprint density at radius 3 is 2.28 bits per heavy atom. The summed E-state index contributed by atoms with van der Waals surface area (Å²) in [6, 6.07) is 23.2. The van der Waals surface area contributed by atoms with Gasteiger partial charge in [0.25, 0.3) is 11.8 Å². The summed E-state index contributed by atoms with van der Waals surface area (Å²) in [6.45, 7) is 0. The second kappa shape index (κ2) is 9.88. The van der Waals surface area contributed by atoms with Crippen molar-refractivity contribution in [1.82, 2.24) is 5.06 Å². The van der Waals surface area contributed by atoms with Crippen LogP contribution in [0.25, 0.3) is 5.57 Å². The van der Waals surface area contributed by atoms with Crippen molar-refractivity contribution in [1.29, 1.82) is 0 Å². The van der Waals surface area contributed by atoms with Crippen molar-refractivity contribution in [2.75, 3.05) is 7.11 Å². The molecule has 4 aliphatic rings. The van der Waals surface area contributed by atoms with Gasteiger partial charge < -0.3 is 9.84 Å². The number of hydrogen-bond donors (Lipinski definition) is 2. The van der Waals surface area contributed by atoms with Crippen LogP contribution in [0.5, 0.6) is 11.5 Å². The summed E-state index contributed by atoms with van der Waals surface area (Å²) < 4.78 is 5.45. The third-order valence-electron chi connectivity index (χ3n) is 9.89. The van der Waals surface area contributed by atoms with Gasteiger partial charge in [0.1, 0.15) is 0 Å². The Morgan fingerprint density at radius 2 is 1.58 bits per heavy atom. The van der Waals surface area contributed by atoms with E-state index in [2.05, 4.69) is 0 Å². The van der Waals surface area contributed by atoms with E-state index in [1.807, 2.05) is 54.6 Å². The maximum atomic E-state index is 14.9. The van der Waals surface area contributed by atoms with Crippen molar-refractivity contribution in [3.05, 3.63) is 113 Å². The monoisotopic (exact) mass is 575 g/mol. The van der Waals surface area contributed by atoms with Crippen LogP contribution in [0.2, 0.25) is 0 Å². The van der Waals surface area contributed by atoms with Gasteiger partial charge >= 0.3 is 0 Å². The van der Waals surface area contributed by atoms with E-state index in [4.69, 9.17) is 4.74 Å². The normalized spacial score (nSPS) is 29.8. The number of phenolic OH excluding ortho intramolecular Hbond substituents is 1. The number of ketones is 2. The lowest BCUT2D eigenvalue weighted by atomic mass is 9.44. The summed E-state index contributed by atoms with van der Waals surface area (Å²) in [5, 5.41) is 21.0. The van der Waals surface area contributed by atoms with Crippen molar-refractivity contribution in [2.24, 2.45) is 23.7 Å². The number of carbonyl (C=O) groups is 4. The number of phenols is 1. The number of aromatic hydroxyl groups is 1. The molecule has 3 aliphatic carbocycles. The van der Waals surface area contributed by atoms with Gasteiger partial charge in [0.2, 0.25) is 0 Å². The van der Waals surface area contributed by atoms with Crippen molar-refractivity contribution in [3.8, 4) is 11.5 Å². The highest BCUT2D eigenvalue weighted by atomic mass is 16.5. The van der Waals surface area contributed by atoms with Crippen LogP contribution in [0, 0.1) is 23.7 Å². The van der Waals surface area contributed by atoms with Gasteiger partial charge in [-0.1, -0.05) is 78.4 Å². The zero-order valence-corrected chi connectivity index (χ0v) is 23.3. The average Bonchev–Trinajstić information content (AvgIpc) is 3.26. The van der Waals surface area contributed by atoms with Gasteiger partial charge in [0.15, 0.2) is 23.1 Å². The highest BCUT2D eigenvalue weighted by molar-refractivity contribution is 6.31. The molecule has 8 nitrogen and oxygen atoms in total. The fourth-order valence-electron chi connectivity index (χ4n) is 8.11. The van der Waals surface area contributed by atoms with Crippen LogP contribution in [0.1, 0.15) is 35.4 Å². The fourth-order valence-corrected chi connectivity index (χ4v) is 8.11. The number of ether oxygens (including phenoxy) is 1. The lowest BCUT2D eigenvalue weighted by Crippen LogP contribution is -2.58. The van der Waals surface area contributed by atoms with Gasteiger partial charge in [-0.05, 0) is 53.7 Å². The summed E-state index contributed by atoms with van der Waals surface area (Å²) in [4.78, 5) is 55.8. The molecule has 216 valence electrons. The second-order valence-corrected chi connectivity index (χ2v) is 11.7. The average molecular weight is 576 g/mol. The molecule has 6 atom stereocenters. The first kappa shape index (κ1) is 27.0. The van der Waals surface area contributed by atoms with Gasteiger partial charge in [-0.2, -0.15) is 5.06 Å². The topological polar surface area (TPSA) is 121 Å². The molecular formula is C35H29NO7. The Balaban J connectivity index is 1.53. The third-order valence-corrected chi connectivity index (χ3v) is 9.89. The summed E-state index contributed by atoms with van der Waals surface area (Å²) in [5.41, 5.74) is 1.62. The molecule has 6 unspecified atom stereocenters. The molecule has 8 heteroatoms. The maximum Gasteiger partial charge on any atom is 0.257 e. The molecular weight excluding hydrogens is 546 g/mol.